The number of piperidine rings is 1. The molecular weight excluding hydrogens is 258 g/mol. The van der Waals surface area contributed by atoms with Crippen molar-refractivity contribution in [2.45, 2.75) is 38.6 Å². The van der Waals surface area contributed by atoms with Gasteiger partial charge in [-0.25, -0.2) is 4.98 Å². The molecule has 0 spiro atoms. The predicted molar refractivity (Wildman–Crippen MR) is 70.9 cm³/mol. The van der Waals surface area contributed by atoms with Gasteiger partial charge in [0.15, 0.2) is 0 Å². The van der Waals surface area contributed by atoms with Gasteiger partial charge in [-0.3, -0.25) is 14.7 Å². The molecule has 1 aromatic rings. The van der Waals surface area contributed by atoms with Crippen LogP contribution in [0.4, 0.5) is 0 Å². The van der Waals surface area contributed by atoms with Crippen LogP contribution in [0.1, 0.15) is 42.1 Å². The Labute approximate surface area is 117 Å². The van der Waals surface area contributed by atoms with Gasteiger partial charge in [-0.05, 0) is 32.6 Å². The Morgan fingerprint density at radius 1 is 1.25 bits per heavy atom. The predicted octanol–water partition coefficient (Wildman–Crippen LogP) is 0.244. The first-order valence-corrected chi connectivity index (χ1v) is 7.12. The van der Waals surface area contributed by atoms with E-state index in [2.05, 4.69) is 20.5 Å². The van der Waals surface area contributed by atoms with Crippen LogP contribution in [0.3, 0.4) is 0 Å². The second kappa shape index (κ2) is 5.22. The third-order valence-corrected chi connectivity index (χ3v) is 3.87. The molecule has 7 nitrogen and oxygen atoms in total. The molecule has 0 unspecified atom stereocenters. The minimum Gasteiger partial charge on any atom is -0.353 e. The smallest absolute Gasteiger partial charge is 0.293 e. The number of amides is 2. The van der Waals surface area contributed by atoms with E-state index >= 15 is 0 Å². The van der Waals surface area contributed by atoms with E-state index in [-0.39, 0.29) is 29.6 Å². The fraction of sp³-hybridized carbons (Fsp3) is 0.692. The summed E-state index contributed by atoms with van der Waals surface area (Å²) >= 11 is 0. The quantitative estimate of drug-likeness (QED) is 0.828. The molecule has 0 radical (unpaired) electrons. The second-order valence-electron chi connectivity index (χ2n) is 5.59. The van der Waals surface area contributed by atoms with Crippen LogP contribution in [0.25, 0.3) is 0 Å². The summed E-state index contributed by atoms with van der Waals surface area (Å²) in [7, 11) is 0. The van der Waals surface area contributed by atoms with Crippen LogP contribution < -0.4 is 5.32 Å². The highest BCUT2D eigenvalue weighted by Gasteiger charge is 2.32. The summed E-state index contributed by atoms with van der Waals surface area (Å²) in [6.45, 7) is 3.05. The number of aromatic nitrogens is 3. The first-order chi connectivity index (χ1) is 9.63. The molecule has 2 amide bonds. The van der Waals surface area contributed by atoms with Crippen molar-refractivity contribution in [3.8, 4) is 0 Å². The third kappa shape index (κ3) is 2.81. The Hall–Kier alpha value is -1.92. The topological polar surface area (TPSA) is 91.0 Å². The molecule has 2 N–H and O–H groups in total. The van der Waals surface area contributed by atoms with Gasteiger partial charge in [-0.2, -0.15) is 0 Å². The van der Waals surface area contributed by atoms with Crippen LogP contribution in [-0.2, 0) is 4.79 Å². The van der Waals surface area contributed by atoms with Gasteiger partial charge >= 0.3 is 0 Å². The van der Waals surface area contributed by atoms with Crippen LogP contribution in [0.15, 0.2) is 0 Å². The lowest BCUT2D eigenvalue weighted by molar-refractivity contribution is -0.123. The van der Waals surface area contributed by atoms with Crippen molar-refractivity contribution < 1.29 is 9.59 Å². The normalized spacial score (nSPS) is 19.9. The zero-order chi connectivity index (χ0) is 14.1. The maximum Gasteiger partial charge on any atom is 0.293 e. The maximum absolute atomic E-state index is 12.2. The summed E-state index contributed by atoms with van der Waals surface area (Å²) in [5.41, 5.74) is 0. The lowest BCUT2D eigenvalue weighted by Gasteiger charge is -2.31. The molecule has 1 saturated heterocycles. The highest BCUT2D eigenvalue weighted by molar-refractivity contribution is 5.90. The van der Waals surface area contributed by atoms with E-state index in [9.17, 15) is 9.59 Å². The minimum absolute atomic E-state index is 0.138. The fourth-order valence-electron chi connectivity index (χ4n) is 2.47. The number of carbonyl (C=O) groups excluding carboxylic acids is 2. The van der Waals surface area contributed by atoms with E-state index in [4.69, 9.17) is 0 Å². The Bertz CT molecular complexity index is 515. The molecular formula is C13H19N5O2. The van der Waals surface area contributed by atoms with Crippen molar-refractivity contribution in [3.05, 3.63) is 11.6 Å². The van der Waals surface area contributed by atoms with Crippen molar-refractivity contribution in [3.63, 3.8) is 0 Å². The molecule has 7 heteroatoms. The van der Waals surface area contributed by atoms with Gasteiger partial charge in [0, 0.05) is 25.0 Å². The Morgan fingerprint density at radius 2 is 1.95 bits per heavy atom. The highest BCUT2D eigenvalue weighted by atomic mass is 16.2. The van der Waals surface area contributed by atoms with E-state index < -0.39 is 0 Å². The molecule has 0 aromatic carbocycles. The first-order valence-electron chi connectivity index (χ1n) is 7.12. The lowest BCUT2D eigenvalue weighted by Crippen LogP contribution is -2.47. The van der Waals surface area contributed by atoms with Crippen LogP contribution >= 0.6 is 0 Å². The van der Waals surface area contributed by atoms with E-state index in [0.29, 0.717) is 18.9 Å². The zero-order valence-corrected chi connectivity index (χ0v) is 11.6. The summed E-state index contributed by atoms with van der Waals surface area (Å²) in [4.78, 5) is 29.7. The van der Waals surface area contributed by atoms with Crippen molar-refractivity contribution in [2.75, 3.05) is 13.1 Å². The average molecular weight is 277 g/mol. The second-order valence-corrected chi connectivity index (χ2v) is 5.59. The van der Waals surface area contributed by atoms with Gasteiger partial charge in [-0.15, -0.1) is 5.10 Å². The average Bonchev–Trinajstić information content (AvgIpc) is 3.21. The summed E-state index contributed by atoms with van der Waals surface area (Å²) < 4.78 is 0. The summed E-state index contributed by atoms with van der Waals surface area (Å²) in [6.07, 6.45) is 3.64. The fourth-order valence-corrected chi connectivity index (χ4v) is 2.47. The molecule has 1 aromatic heterocycles. The van der Waals surface area contributed by atoms with Gasteiger partial charge < -0.3 is 10.2 Å². The first kappa shape index (κ1) is 13.1. The van der Waals surface area contributed by atoms with Gasteiger partial charge in [-0.1, -0.05) is 0 Å². The number of carbonyl (C=O) groups is 2. The standard InChI is InChI=1S/C13H19N5O2/c1-8-14-11(17-16-8)13(20)18-6-4-10(5-7-18)15-12(19)9-2-3-9/h9-10H,2-7H2,1H3,(H,15,19)(H,14,16,17). The number of aromatic amines is 1. The number of aryl methyl sites for hydroxylation is 1. The number of nitrogens with one attached hydrogen (secondary N) is 2. The molecule has 108 valence electrons. The minimum atomic E-state index is -0.138. The molecule has 2 heterocycles. The van der Waals surface area contributed by atoms with Crippen LogP contribution in [0.5, 0.6) is 0 Å². The van der Waals surface area contributed by atoms with E-state index in [1.165, 1.54) is 0 Å². The lowest BCUT2D eigenvalue weighted by atomic mass is 10.0. The number of H-pyrrole nitrogens is 1. The molecule has 1 aliphatic heterocycles. The van der Waals surface area contributed by atoms with Gasteiger partial charge in [0.1, 0.15) is 5.82 Å². The maximum atomic E-state index is 12.2. The number of rotatable bonds is 3. The van der Waals surface area contributed by atoms with Crippen molar-refractivity contribution >= 4 is 11.8 Å². The van der Waals surface area contributed by atoms with Crippen molar-refractivity contribution in [2.24, 2.45) is 5.92 Å². The number of likely N-dealkylation sites (tertiary alicyclic amines) is 1. The van der Waals surface area contributed by atoms with Crippen LogP contribution in [0.2, 0.25) is 0 Å². The zero-order valence-electron chi connectivity index (χ0n) is 11.6. The van der Waals surface area contributed by atoms with Gasteiger partial charge in [0.2, 0.25) is 11.7 Å². The monoisotopic (exact) mass is 277 g/mol. The Balaban J connectivity index is 1.50. The number of nitrogens with zero attached hydrogens (tertiary/aromatic N) is 3. The molecule has 2 aliphatic rings. The molecule has 1 saturated carbocycles. The summed E-state index contributed by atoms with van der Waals surface area (Å²) in [6, 6.07) is 0.195. The molecule has 0 atom stereocenters. The van der Waals surface area contributed by atoms with Crippen LogP contribution in [-0.4, -0.2) is 51.0 Å². The van der Waals surface area contributed by atoms with Gasteiger partial charge in [0.05, 0.1) is 0 Å². The van der Waals surface area contributed by atoms with E-state index in [1.54, 1.807) is 11.8 Å². The summed E-state index contributed by atoms with van der Waals surface area (Å²) in [5.74, 6) is 1.15. The Kier molecular flexibility index (Phi) is 3.42. The van der Waals surface area contributed by atoms with Crippen LogP contribution in [0, 0.1) is 12.8 Å². The Morgan fingerprint density at radius 3 is 2.50 bits per heavy atom. The third-order valence-electron chi connectivity index (χ3n) is 3.87. The van der Waals surface area contributed by atoms with Crippen molar-refractivity contribution in [1.82, 2.24) is 25.4 Å². The molecule has 1 aliphatic carbocycles. The number of hydrogen-bond acceptors (Lipinski definition) is 4. The summed E-state index contributed by atoms with van der Waals surface area (Å²) in [5, 5.41) is 9.64. The van der Waals surface area contributed by atoms with E-state index in [0.717, 1.165) is 25.7 Å². The van der Waals surface area contributed by atoms with Gasteiger partial charge in [0.25, 0.3) is 5.91 Å². The largest absolute Gasteiger partial charge is 0.353 e. The molecule has 20 heavy (non-hydrogen) atoms. The number of hydrogen-bond donors (Lipinski definition) is 2. The molecule has 0 bridgehead atoms. The van der Waals surface area contributed by atoms with Crippen molar-refractivity contribution in [1.29, 1.82) is 0 Å². The molecule has 2 fully saturated rings. The SMILES string of the molecule is Cc1nc(C(=O)N2CCC(NC(=O)C3CC3)CC2)n[nH]1. The molecule has 3 rings (SSSR count). The highest BCUT2D eigenvalue weighted by Crippen LogP contribution is 2.29. The van der Waals surface area contributed by atoms with E-state index in [1.807, 2.05) is 0 Å².